The third kappa shape index (κ3) is 3.30. The molecular formula is C21H18ClFN2O4S. The molecule has 1 aliphatic rings. The van der Waals surface area contributed by atoms with Gasteiger partial charge in [-0.2, -0.15) is 5.10 Å². The molecule has 0 fully saturated rings. The number of halogens is 2. The van der Waals surface area contributed by atoms with Gasteiger partial charge in [-0.05, 0) is 62.4 Å². The van der Waals surface area contributed by atoms with Crippen molar-refractivity contribution >= 4 is 27.4 Å². The van der Waals surface area contributed by atoms with Crippen molar-refractivity contribution in [3.05, 3.63) is 69.6 Å². The van der Waals surface area contributed by atoms with E-state index in [9.17, 15) is 17.6 Å². The molecule has 1 aromatic heterocycles. The highest BCUT2D eigenvalue weighted by molar-refractivity contribution is 7.91. The number of rotatable bonds is 4. The number of aromatic nitrogens is 2. The summed E-state index contributed by atoms with van der Waals surface area (Å²) >= 11 is 6.21. The monoisotopic (exact) mass is 448 g/mol. The molecule has 30 heavy (non-hydrogen) atoms. The van der Waals surface area contributed by atoms with Crippen molar-refractivity contribution in [2.45, 2.75) is 42.5 Å². The summed E-state index contributed by atoms with van der Waals surface area (Å²) in [6.07, 6.45) is 2.66. The lowest BCUT2D eigenvalue weighted by Crippen LogP contribution is -2.10. The van der Waals surface area contributed by atoms with Crippen molar-refractivity contribution in [2.75, 3.05) is 0 Å². The van der Waals surface area contributed by atoms with Crippen LogP contribution in [-0.2, 0) is 22.7 Å². The summed E-state index contributed by atoms with van der Waals surface area (Å²) in [5.41, 5.74) is 1.49. The fourth-order valence-corrected chi connectivity index (χ4v) is 6.12. The van der Waals surface area contributed by atoms with Gasteiger partial charge in [-0.25, -0.2) is 22.3 Å². The molecular weight excluding hydrogens is 431 g/mol. The normalized spacial score (nSPS) is 13.8. The standard InChI is InChI=1S/C21H18ClFN2O4S/c1-12-5-4-7-15(22)19(12)30(28,29)20-14-6-2-3-8-17(14)25(24-20)18-10-9-13(21(26)27)11-16(18)23/h4-5,7,9-11H,2-3,6,8H2,1H3,(H,26,27). The zero-order chi connectivity index (χ0) is 21.6. The van der Waals surface area contributed by atoms with E-state index in [1.54, 1.807) is 19.1 Å². The molecule has 1 aliphatic carbocycles. The van der Waals surface area contributed by atoms with Crippen LogP contribution in [0.1, 0.15) is 40.0 Å². The van der Waals surface area contributed by atoms with Gasteiger partial charge < -0.3 is 5.11 Å². The van der Waals surface area contributed by atoms with Crippen molar-refractivity contribution in [3.63, 3.8) is 0 Å². The molecule has 1 heterocycles. The van der Waals surface area contributed by atoms with E-state index in [0.717, 1.165) is 18.9 Å². The van der Waals surface area contributed by atoms with E-state index in [0.29, 0.717) is 29.7 Å². The van der Waals surface area contributed by atoms with Crippen molar-refractivity contribution in [1.82, 2.24) is 9.78 Å². The molecule has 9 heteroatoms. The average Bonchev–Trinajstić information content (AvgIpc) is 3.08. The van der Waals surface area contributed by atoms with Gasteiger partial charge in [-0.15, -0.1) is 0 Å². The van der Waals surface area contributed by atoms with Gasteiger partial charge in [0, 0.05) is 11.3 Å². The largest absolute Gasteiger partial charge is 0.478 e. The minimum Gasteiger partial charge on any atom is -0.478 e. The van der Waals surface area contributed by atoms with Gasteiger partial charge in [0.2, 0.25) is 9.84 Å². The van der Waals surface area contributed by atoms with Crippen LogP contribution in [0.4, 0.5) is 4.39 Å². The molecule has 0 amide bonds. The molecule has 0 atom stereocenters. The van der Waals surface area contributed by atoms with Gasteiger partial charge >= 0.3 is 5.97 Å². The fourth-order valence-electron chi connectivity index (χ4n) is 3.85. The lowest BCUT2D eigenvalue weighted by Gasteiger charge is -2.15. The van der Waals surface area contributed by atoms with Crippen LogP contribution in [0.15, 0.2) is 46.3 Å². The third-order valence-corrected chi connectivity index (χ3v) is 7.60. The van der Waals surface area contributed by atoms with Gasteiger partial charge in [-0.1, -0.05) is 23.7 Å². The third-order valence-electron chi connectivity index (χ3n) is 5.25. The molecule has 0 spiro atoms. The second-order valence-corrected chi connectivity index (χ2v) is 9.42. The Bertz CT molecular complexity index is 1260. The Hall–Kier alpha value is -2.71. The molecule has 0 bridgehead atoms. The van der Waals surface area contributed by atoms with Crippen LogP contribution >= 0.6 is 11.6 Å². The van der Waals surface area contributed by atoms with E-state index in [1.807, 2.05) is 0 Å². The number of hydrogen-bond acceptors (Lipinski definition) is 4. The Morgan fingerprint density at radius 3 is 2.60 bits per heavy atom. The lowest BCUT2D eigenvalue weighted by atomic mass is 9.98. The first-order valence-electron chi connectivity index (χ1n) is 9.36. The molecule has 156 valence electrons. The Morgan fingerprint density at radius 1 is 1.20 bits per heavy atom. The maximum absolute atomic E-state index is 14.7. The number of carbonyl (C=O) groups is 1. The average molecular weight is 449 g/mol. The summed E-state index contributed by atoms with van der Waals surface area (Å²) in [6, 6.07) is 8.31. The summed E-state index contributed by atoms with van der Waals surface area (Å²) in [4.78, 5) is 11.1. The summed E-state index contributed by atoms with van der Waals surface area (Å²) in [5, 5.41) is 13.4. The van der Waals surface area contributed by atoms with Gasteiger partial charge in [0.1, 0.15) is 11.5 Å². The minimum absolute atomic E-state index is 0.00797. The van der Waals surface area contributed by atoms with E-state index in [4.69, 9.17) is 16.7 Å². The maximum atomic E-state index is 14.7. The SMILES string of the molecule is Cc1cccc(Cl)c1S(=O)(=O)c1nn(-c2ccc(C(=O)O)cc2F)c2c1CCCC2. The molecule has 4 rings (SSSR count). The van der Waals surface area contributed by atoms with Gasteiger partial charge in [0.25, 0.3) is 0 Å². The van der Waals surface area contributed by atoms with Crippen LogP contribution in [0, 0.1) is 12.7 Å². The number of carboxylic acids is 1. The number of carboxylic acid groups (broad SMARTS) is 1. The first-order valence-corrected chi connectivity index (χ1v) is 11.2. The fraction of sp³-hybridized carbons (Fsp3) is 0.238. The van der Waals surface area contributed by atoms with E-state index in [2.05, 4.69) is 5.10 Å². The number of nitrogens with zero attached hydrogens (tertiary/aromatic N) is 2. The van der Waals surface area contributed by atoms with E-state index in [-0.39, 0.29) is 26.2 Å². The summed E-state index contributed by atoms with van der Waals surface area (Å²) in [5.74, 6) is -2.04. The highest BCUT2D eigenvalue weighted by atomic mass is 35.5. The zero-order valence-electron chi connectivity index (χ0n) is 16.0. The van der Waals surface area contributed by atoms with Crippen molar-refractivity contribution in [1.29, 1.82) is 0 Å². The molecule has 0 radical (unpaired) electrons. The number of sulfone groups is 1. The highest BCUT2D eigenvalue weighted by Crippen LogP contribution is 2.36. The quantitative estimate of drug-likeness (QED) is 0.639. The van der Waals surface area contributed by atoms with E-state index in [1.165, 1.54) is 22.9 Å². The molecule has 0 unspecified atom stereocenters. The topological polar surface area (TPSA) is 89.3 Å². The Kier molecular flexibility index (Phi) is 5.15. The summed E-state index contributed by atoms with van der Waals surface area (Å²) in [7, 11) is -4.04. The Morgan fingerprint density at radius 2 is 1.93 bits per heavy atom. The summed E-state index contributed by atoms with van der Waals surface area (Å²) < 4.78 is 43.0. The van der Waals surface area contributed by atoms with Crippen LogP contribution in [-0.4, -0.2) is 29.3 Å². The molecule has 2 aromatic carbocycles. The van der Waals surface area contributed by atoms with Crippen LogP contribution < -0.4 is 0 Å². The smallest absolute Gasteiger partial charge is 0.335 e. The number of benzene rings is 2. The maximum Gasteiger partial charge on any atom is 0.335 e. The zero-order valence-corrected chi connectivity index (χ0v) is 17.6. The molecule has 1 N–H and O–H groups in total. The van der Waals surface area contributed by atoms with Crippen LogP contribution in [0.5, 0.6) is 0 Å². The molecule has 0 saturated carbocycles. The molecule has 6 nitrogen and oxygen atoms in total. The first kappa shape index (κ1) is 20.6. The lowest BCUT2D eigenvalue weighted by molar-refractivity contribution is 0.0696. The summed E-state index contributed by atoms with van der Waals surface area (Å²) in [6.45, 7) is 1.66. The second-order valence-electron chi connectivity index (χ2n) is 7.21. The number of aryl methyl sites for hydroxylation is 1. The van der Waals surface area contributed by atoms with Crippen molar-refractivity contribution in [3.8, 4) is 5.69 Å². The van der Waals surface area contributed by atoms with Crippen LogP contribution in [0.3, 0.4) is 0 Å². The number of hydrogen-bond donors (Lipinski definition) is 1. The predicted molar refractivity (Wildman–Crippen MR) is 109 cm³/mol. The van der Waals surface area contributed by atoms with Crippen LogP contribution in [0.2, 0.25) is 5.02 Å². The number of aromatic carboxylic acids is 1. The van der Waals surface area contributed by atoms with Crippen molar-refractivity contribution < 1.29 is 22.7 Å². The van der Waals surface area contributed by atoms with E-state index >= 15 is 0 Å². The molecule has 3 aromatic rings. The van der Waals surface area contributed by atoms with E-state index < -0.39 is 21.6 Å². The van der Waals surface area contributed by atoms with Gasteiger partial charge in [0.15, 0.2) is 5.03 Å². The molecule has 0 saturated heterocycles. The highest BCUT2D eigenvalue weighted by Gasteiger charge is 2.33. The second kappa shape index (κ2) is 7.52. The minimum atomic E-state index is -4.04. The van der Waals surface area contributed by atoms with Crippen LogP contribution in [0.25, 0.3) is 5.69 Å². The van der Waals surface area contributed by atoms with Crippen molar-refractivity contribution in [2.24, 2.45) is 0 Å². The molecule has 0 aliphatic heterocycles. The predicted octanol–water partition coefficient (Wildman–Crippen LogP) is 4.38. The van der Waals surface area contributed by atoms with Gasteiger partial charge in [-0.3, -0.25) is 0 Å². The number of fused-ring (bicyclic) bond motifs is 1. The first-order chi connectivity index (χ1) is 14.2. The Balaban J connectivity index is 1.95. The Labute approximate surface area is 177 Å². The van der Waals surface area contributed by atoms with Gasteiger partial charge in [0.05, 0.1) is 15.5 Å².